The Hall–Kier alpha value is -3.12. The van der Waals surface area contributed by atoms with Gasteiger partial charge in [0, 0.05) is 22.6 Å². The molecule has 2 aromatic carbocycles. The first-order chi connectivity index (χ1) is 15.3. The molecule has 0 saturated heterocycles. The minimum Gasteiger partial charge on any atom is -0.493 e. The SMILES string of the molecule is Cc1cc(SCC(CC=CC#N)COc2ccc(C(F)(F)F)cc2)ccc1OCOC=O. The summed E-state index contributed by atoms with van der Waals surface area (Å²) in [5, 5.41) is 8.72. The number of nitriles is 1. The second kappa shape index (κ2) is 12.7. The van der Waals surface area contributed by atoms with Gasteiger partial charge in [0.2, 0.25) is 6.79 Å². The quantitative estimate of drug-likeness (QED) is 0.130. The first-order valence-electron chi connectivity index (χ1n) is 9.59. The average molecular weight is 465 g/mol. The first kappa shape index (κ1) is 25.1. The summed E-state index contributed by atoms with van der Waals surface area (Å²) in [5.41, 5.74) is 0.154. The summed E-state index contributed by atoms with van der Waals surface area (Å²) in [6.07, 6.45) is -0.658. The van der Waals surface area contributed by atoms with Crippen molar-refractivity contribution in [3.8, 4) is 17.6 Å². The van der Waals surface area contributed by atoms with Crippen molar-refractivity contribution in [2.75, 3.05) is 19.2 Å². The van der Waals surface area contributed by atoms with Gasteiger partial charge >= 0.3 is 6.18 Å². The average Bonchev–Trinajstić information content (AvgIpc) is 2.76. The maximum Gasteiger partial charge on any atom is 0.416 e. The lowest BCUT2D eigenvalue weighted by Gasteiger charge is -2.17. The molecule has 0 amide bonds. The molecule has 0 aliphatic heterocycles. The van der Waals surface area contributed by atoms with E-state index >= 15 is 0 Å². The van der Waals surface area contributed by atoms with Gasteiger partial charge < -0.3 is 14.2 Å². The summed E-state index contributed by atoms with van der Waals surface area (Å²) in [7, 11) is 0. The van der Waals surface area contributed by atoms with E-state index in [2.05, 4.69) is 4.74 Å². The molecule has 0 bridgehead atoms. The van der Waals surface area contributed by atoms with E-state index in [1.807, 2.05) is 25.1 Å². The van der Waals surface area contributed by atoms with Crippen molar-refractivity contribution in [3.63, 3.8) is 0 Å². The predicted octanol–water partition coefficient (Wildman–Crippen LogP) is 5.78. The van der Waals surface area contributed by atoms with E-state index in [4.69, 9.17) is 14.7 Å². The lowest BCUT2D eigenvalue weighted by atomic mass is 10.1. The molecular weight excluding hydrogens is 443 g/mol. The molecule has 32 heavy (non-hydrogen) atoms. The van der Waals surface area contributed by atoms with E-state index in [1.165, 1.54) is 18.2 Å². The zero-order valence-corrected chi connectivity index (χ0v) is 18.1. The van der Waals surface area contributed by atoms with Crippen LogP contribution in [0.4, 0.5) is 13.2 Å². The third-order valence-corrected chi connectivity index (χ3v) is 5.54. The van der Waals surface area contributed by atoms with Crippen molar-refractivity contribution in [2.45, 2.75) is 24.4 Å². The second-order valence-corrected chi connectivity index (χ2v) is 7.82. The van der Waals surface area contributed by atoms with Gasteiger partial charge in [0.25, 0.3) is 6.47 Å². The third-order valence-electron chi connectivity index (χ3n) is 4.31. The summed E-state index contributed by atoms with van der Waals surface area (Å²) in [4.78, 5) is 11.2. The number of ether oxygens (including phenoxy) is 3. The van der Waals surface area contributed by atoms with Crippen LogP contribution in [0.3, 0.4) is 0 Å². The number of carbonyl (C=O) groups is 1. The Kier molecular flexibility index (Phi) is 9.95. The monoisotopic (exact) mass is 465 g/mol. The van der Waals surface area contributed by atoms with Crippen molar-refractivity contribution >= 4 is 18.2 Å². The van der Waals surface area contributed by atoms with Crippen molar-refractivity contribution in [3.05, 3.63) is 65.7 Å². The molecule has 0 spiro atoms. The Balaban J connectivity index is 1.95. The number of nitrogens with zero attached hydrogens (tertiary/aromatic N) is 1. The summed E-state index contributed by atoms with van der Waals surface area (Å²) in [6.45, 7) is 2.32. The summed E-state index contributed by atoms with van der Waals surface area (Å²) >= 11 is 1.59. The molecule has 0 heterocycles. The van der Waals surface area contributed by atoms with Crippen molar-refractivity contribution in [1.82, 2.24) is 0 Å². The highest BCUT2D eigenvalue weighted by Crippen LogP contribution is 2.31. The minimum atomic E-state index is -4.39. The van der Waals surface area contributed by atoms with Crippen LogP contribution in [-0.2, 0) is 15.7 Å². The molecule has 5 nitrogen and oxygen atoms in total. The van der Waals surface area contributed by atoms with Crippen LogP contribution in [0.15, 0.2) is 59.5 Å². The van der Waals surface area contributed by atoms with Gasteiger partial charge in [-0.15, -0.1) is 11.8 Å². The number of thioether (sulfide) groups is 1. The van der Waals surface area contributed by atoms with Crippen LogP contribution in [-0.4, -0.2) is 25.6 Å². The van der Waals surface area contributed by atoms with Gasteiger partial charge in [-0.05, 0) is 61.4 Å². The molecule has 1 unspecified atom stereocenters. The highest BCUT2D eigenvalue weighted by atomic mass is 32.2. The molecule has 0 fully saturated rings. The van der Waals surface area contributed by atoms with Crippen LogP contribution >= 0.6 is 11.8 Å². The molecule has 0 aliphatic rings. The molecule has 2 aromatic rings. The number of halogens is 3. The largest absolute Gasteiger partial charge is 0.493 e. The van der Waals surface area contributed by atoms with Crippen LogP contribution < -0.4 is 9.47 Å². The number of hydrogen-bond acceptors (Lipinski definition) is 6. The topological polar surface area (TPSA) is 68.6 Å². The van der Waals surface area contributed by atoms with Gasteiger partial charge in [0.1, 0.15) is 11.5 Å². The van der Waals surface area contributed by atoms with Crippen LogP contribution in [0.25, 0.3) is 0 Å². The van der Waals surface area contributed by atoms with Crippen molar-refractivity contribution in [2.24, 2.45) is 5.92 Å². The van der Waals surface area contributed by atoms with E-state index in [-0.39, 0.29) is 19.3 Å². The number of aryl methyl sites for hydroxylation is 1. The van der Waals surface area contributed by atoms with E-state index in [9.17, 15) is 18.0 Å². The minimum absolute atomic E-state index is 0.0316. The molecule has 9 heteroatoms. The van der Waals surface area contributed by atoms with Gasteiger partial charge in [-0.2, -0.15) is 18.4 Å². The Bertz CT molecular complexity index is 940. The van der Waals surface area contributed by atoms with Gasteiger partial charge in [-0.1, -0.05) is 6.08 Å². The van der Waals surface area contributed by atoms with E-state index < -0.39 is 11.7 Å². The molecule has 0 saturated carbocycles. The Morgan fingerprint density at radius 3 is 2.53 bits per heavy atom. The van der Waals surface area contributed by atoms with Crippen molar-refractivity contribution in [1.29, 1.82) is 5.26 Å². The second-order valence-electron chi connectivity index (χ2n) is 6.73. The van der Waals surface area contributed by atoms with E-state index in [0.717, 1.165) is 22.6 Å². The first-order valence-corrected chi connectivity index (χ1v) is 10.6. The zero-order chi connectivity index (χ0) is 23.4. The third kappa shape index (κ3) is 8.55. The molecule has 0 N–H and O–H groups in total. The van der Waals surface area contributed by atoms with Gasteiger partial charge in [0.15, 0.2) is 0 Å². The number of rotatable bonds is 12. The van der Waals surface area contributed by atoms with Gasteiger partial charge in [-0.3, -0.25) is 4.79 Å². The smallest absolute Gasteiger partial charge is 0.416 e. The Labute approximate surface area is 188 Å². The summed E-state index contributed by atoms with van der Waals surface area (Å²) in [6, 6.07) is 12.1. The number of carbonyl (C=O) groups excluding carboxylic acids is 1. The molecule has 0 radical (unpaired) electrons. The number of hydrogen-bond donors (Lipinski definition) is 0. The number of allylic oxidation sites excluding steroid dienone is 2. The lowest BCUT2D eigenvalue weighted by molar-refractivity contribution is -0.137. The van der Waals surface area contributed by atoms with Gasteiger partial charge in [0.05, 0.1) is 18.2 Å². The number of alkyl halides is 3. The summed E-state index contributed by atoms with van der Waals surface area (Å²) < 4.78 is 53.6. The standard InChI is InChI=1S/C23H22F3NO4S/c1-17-12-21(9-10-22(17)31-16-29-15-28)32-14-18(4-2-3-11-27)13-30-20-7-5-19(6-8-20)23(24,25)26/h2-3,5-10,12,15,18H,4,13-14,16H2,1H3. The zero-order valence-electron chi connectivity index (χ0n) is 17.3. The Morgan fingerprint density at radius 2 is 1.91 bits per heavy atom. The lowest BCUT2D eigenvalue weighted by Crippen LogP contribution is -2.14. The molecule has 2 rings (SSSR count). The van der Waals surface area contributed by atoms with E-state index in [0.29, 0.717) is 30.1 Å². The fraction of sp³-hybridized carbons (Fsp3) is 0.304. The maximum absolute atomic E-state index is 12.7. The Morgan fingerprint density at radius 1 is 1.16 bits per heavy atom. The van der Waals surface area contributed by atoms with E-state index in [1.54, 1.807) is 23.9 Å². The fourth-order valence-electron chi connectivity index (χ4n) is 2.66. The normalized spacial score (nSPS) is 12.2. The van der Waals surface area contributed by atoms with Crippen LogP contribution in [0.5, 0.6) is 11.5 Å². The fourth-order valence-corrected chi connectivity index (χ4v) is 3.75. The molecule has 1 atom stereocenters. The van der Waals surface area contributed by atoms with Crippen LogP contribution in [0.1, 0.15) is 17.5 Å². The maximum atomic E-state index is 12.7. The van der Waals surface area contributed by atoms with Gasteiger partial charge in [-0.25, -0.2) is 0 Å². The molecular formula is C23H22F3NO4S. The highest BCUT2D eigenvalue weighted by molar-refractivity contribution is 7.99. The van der Waals surface area contributed by atoms with Crippen LogP contribution in [0.2, 0.25) is 0 Å². The molecule has 0 aliphatic carbocycles. The predicted molar refractivity (Wildman–Crippen MR) is 114 cm³/mol. The van der Waals surface area contributed by atoms with Crippen LogP contribution in [0, 0.1) is 24.2 Å². The number of benzene rings is 2. The highest BCUT2D eigenvalue weighted by Gasteiger charge is 2.30. The van der Waals surface area contributed by atoms with Crippen molar-refractivity contribution < 1.29 is 32.2 Å². The summed E-state index contributed by atoms with van der Waals surface area (Å²) in [5.74, 6) is 1.66. The molecule has 0 aromatic heterocycles. The molecule has 170 valence electrons.